The van der Waals surface area contributed by atoms with Gasteiger partial charge in [-0.3, -0.25) is 14.4 Å². The van der Waals surface area contributed by atoms with Crippen LogP contribution in [-0.2, 0) is 16.1 Å². The predicted molar refractivity (Wildman–Crippen MR) is 144 cm³/mol. The molecule has 3 N–H and O–H groups in total. The van der Waals surface area contributed by atoms with E-state index in [4.69, 9.17) is 23.2 Å². The Balaban J connectivity index is 1.69. The molecule has 0 radical (unpaired) electrons. The number of aromatic nitrogens is 2. The van der Waals surface area contributed by atoms with Crippen LogP contribution in [0.4, 0.5) is 28.8 Å². The molecule has 3 amide bonds. The number of rotatable bonds is 6. The number of carbonyl (C=O) groups excluding carboxylic acids is 3. The number of nitrogens with one attached hydrogen (secondary N) is 3. The maximum atomic E-state index is 12.4. The molecule has 0 fully saturated rings. The molecule has 0 bridgehead atoms. The van der Waals surface area contributed by atoms with Crippen molar-refractivity contribution in [2.24, 2.45) is 0 Å². The number of hydrogen-bond donors (Lipinski definition) is 3. The van der Waals surface area contributed by atoms with Crippen molar-refractivity contribution in [1.82, 2.24) is 20.2 Å². The fraction of sp³-hybridized carbons (Fsp3) is 0.240. The maximum Gasteiger partial charge on any atom is 0.253 e. The highest BCUT2D eigenvalue weighted by Crippen LogP contribution is 2.34. The summed E-state index contributed by atoms with van der Waals surface area (Å²) in [4.78, 5) is 48.9. The van der Waals surface area contributed by atoms with Crippen LogP contribution >= 0.6 is 23.2 Å². The third-order valence-corrected chi connectivity index (χ3v) is 6.43. The van der Waals surface area contributed by atoms with E-state index >= 15 is 0 Å². The van der Waals surface area contributed by atoms with E-state index in [-0.39, 0.29) is 35.1 Å². The first-order valence-electron chi connectivity index (χ1n) is 11.5. The number of hydrogen-bond acceptors (Lipinski definition) is 7. The number of nitrogens with zero attached hydrogens (tertiary/aromatic N) is 4. The summed E-state index contributed by atoms with van der Waals surface area (Å²) in [5.74, 6) is -0.150. The molecule has 2 aromatic carbocycles. The lowest BCUT2D eigenvalue weighted by molar-refractivity contribution is -0.133. The minimum absolute atomic E-state index is 0.00769. The lowest BCUT2D eigenvalue weighted by Gasteiger charge is -2.23. The average Bonchev–Trinajstić information content (AvgIpc) is 3.04. The van der Waals surface area contributed by atoms with Crippen LogP contribution in [0.25, 0.3) is 0 Å². The smallest absolute Gasteiger partial charge is 0.253 e. The van der Waals surface area contributed by atoms with Crippen molar-refractivity contribution >= 4 is 69.8 Å². The van der Waals surface area contributed by atoms with Crippen LogP contribution in [0.3, 0.4) is 0 Å². The Labute approximate surface area is 224 Å². The summed E-state index contributed by atoms with van der Waals surface area (Å²) in [6.07, 6.45) is 1.46. The topological polar surface area (TPSA) is 120 Å². The second-order valence-corrected chi connectivity index (χ2v) is 9.06. The summed E-state index contributed by atoms with van der Waals surface area (Å²) in [6, 6.07) is 10.5. The van der Waals surface area contributed by atoms with Crippen LogP contribution in [0, 0.1) is 0 Å². The predicted octanol–water partition coefficient (Wildman–Crippen LogP) is 4.35. The highest BCUT2D eigenvalue weighted by atomic mass is 35.5. The van der Waals surface area contributed by atoms with Crippen LogP contribution < -0.4 is 20.9 Å². The molecule has 1 aromatic heterocycles. The zero-order valence-corrected chi connectivity index (χ0v) is 21.9. The van der Waals surface area contributed by atoms with E-state index in [9.17, 15) is 14.4 Å². The number of amides is 3. The Morgan fingerprint density at radius 2 is 1.95 bits per heavy atom. The molecule has 0 saturated carbocycles. The summed E-state index contributed by atoms with van der Waals surface area (Å²) < 4.78 is 0. The fourth-order valence-corrected chi connectivity index (χ4v) is 4.30. The second-order valence-electron chi connectivity index (χ2n) is 8.24. The van der Waals surface area contributed by atoms with Gasteiger partial charge in [0.05, 0.1) is 22.5 Å². The van der Waals surface area contributed by atoms with Crippen molar-refractivity contribution in [3.05, 3.63) is 63.8 Å². The van der Waals surface area contributed by atoms with Crippen molar-refractivity contribution in [3.63, 3.8) is 0 Å². The van der Waals surface area contributed by atoms with Gasteiger partial charge in [0.1, 0.15) is 11.6 Å². The SMILES string of the molecule is CCN(c1ccc2c(c1)NC(=O)CN(C(C)=O)C2)c1ncc(Cl)c(Nc2c(Cl)cccc2C(=O)NC)n1. The van der Waals surface area contributed by atoms with Crippen molar-refractivity contribution in [2.45, 2.75) is 20.4 Å². The highest BCUT2D eigenvalue weighted by molar-refractivity contribution is 6.35. The molecule has 4 rings (SSSR count). The first-order valence-corrected chi connectivity index (χ1v) is 12.2. The first kappa shape index (κ1) is 26.2. The normalized spacial score (nSPS) is 12.8. The van der Waals surface area contributed by atoms with E-state index in [2.05, 4.69) is 25.9 Å². The first-order chi connectivity index (χ1) is 17.7. The second kappa shape index (κ2) is 11.0. The van der Waals surface area contributed by atoms with E-state index in [0.717, 1.165) is 11.3 Å². The Bertz CT molecular complexity index is 1380. The molecule has 0 atom stereocenters. The molecule has 192 valence electrons. The monoisotopic (exact) mass is 541 g/mol. The highest BCUT2D eigenvalue weighted by Gasteiger charge is 2.23. The van der Waals surface area contributed by atoms with Crippen LogP contribution in [-0.4, -0.2) is 52.7 Å². The Kier molecular flexibility index (Phi) is 7.80. The molecule has 12 heteroatoms. The van der Waals surface area contributed by atoms with Crippen molar-refractivity contribution in [1.29, 1.82) is 0 Å². The Morgan fingerprint density at radius 1 is 1.16 bits per heavy atom. The van der Waals surface area contributed by atoms with E-state index in [0.29, 0.717) is 41.0 Å². The molecule has 10 nitrogen and oxygen atoms in total. The average molecular weight is 542 g/mol. The Morgan fingerprint density at radius 3 is 2.65 bits per heavy atom. The van der Waals surface area contributed by atoms with Crippen LogP contribution in [0.2, 0.25) is 10.0 Å². The quantitative estimate of drug-likeness (QED) is 0.424. The van der Waals surface area contributed by atoms with Crippen LogP contribution in [0.1, 0.15) is 29.8 Å². The number of benzene rings is 2. The maximum absolute atomic E-state index is 12.4. The summed E-state index contributed by atoms with van der Waals surface area (Å²) in [5.41, 5.74) is 2.86. The number of fused-ring (bicyclic) bond motifs is 1. The van der Waals surface area contributed by atoms with Gasteiger partial charge in [-0.25, -0.2) is 4.98 Å². The third-order valence-electron chi connectivity index (χ3n) is 5.84. The molecular weight excluding hydrogens is 517 g/mol. The van der Waals surface area contributed by atoms with Gasteiger partial charge in [-0.15, -0.1) is 0 Å². The molecule has 1 aliphatic heterocycles. The van der Waals surface area contributed by atoms with Gasteiger partial charge in [0.25, 0.3) is 5.91 Å². The Hall–Kier alpha value is -3.89. The van der Waals surface area contributed by atoms with Gasteiger partial charge in [-0.2, -0.15) is 4.98 Å². The summed E-state index contributed by atoms with van der Waals surface area (Å²) in [7, 11) is 1.53. The molecule has 1 aliphatic rings. The van der Waals surface area contributed by atoms with Crippen molar-refractivity contribution < 1.29 is 14.4 Å². The summed E-state index contributed by atoms with van der Waals surface area (Å²) in [5, 5.41) is 9.10. The summed E-state index contributed by atoms with van der Waals surface area (Å²) >= 11 is 12.8. The molecule has 37 heavy (non-hydrogen) atoms. The van der Waals surface area contributed by atoms with Crippen LogP contribution in [0.15, 0.2) is 42.6 Å². The number of anilines is 5. The number of para-hydroxylation sites is 1. The van der Waals surface area contributed by atoms with Gasteiger partial charge in [-0.1, -0.05) is 35.3 Å². The van der Waals surface area contributed by atoms with Gasteiger partial charge in [0.15, 0.2) is 5.82 Å². The molecular formula is C25H25Cl2N7O3. The fourth-order valence-electron chi connectivity index (χ4n) is 3.94. The van der Waals surface area contributed by atoms with Gasteiger partial charge >= 0.3 is 0 Å². The molecule has 0 saturated heterocycles. The van der Waals surface area contributed by atoms with Gasteiger partial charge in [0, 0.05) is 38.4 Å². The largest absolute Gasteiger partial charge is 0.355 e. The number of halogens is 2. The molecule has 0 aliphatic carbocycles. The van der Waals surface area contributed by atoms with E-state index in [1.165, 1.54) is 25.1 Å². The van der Waals surface area contributed by atoms with Gasteiger partial charge in [-0.05, 0) is 36.8 Å². The van der Waals surface area contributed by atoms with Gasteiger partial charge < -0.3 is 25.8 Å². The van der Waals surface area contributed by atoms with E-state index < -0.39 is 0 Å². The molecule has 2 heterocycles. The minimum Gasteiger partial charge on any atom is -0.355 e. The van der Waals surface area contributed by atoms with Gasteiger partial charge in [0.2, 0.25) is 17.8 Å². The zero-order chi connectivity index (χ0) is 26.7. The van der Waals surface area contributed by atoms with Crippen molar-refractivity contribution in [2.75, 3.05) is 35.7 Å². The van der Waals surface area contributed by atoms with Crippen molar-refractivity contribution in [3.8, 4) is 0 Å². The van der Waals surface area contributed by atoms with E-state index in [1.807, 2.05) is 30.0 Å². The standard InChI is InChI=1S/C25H25Cl2N7O3/c1-4-34(16-9-8-15-12-33(14(2)35)13-21(36)30-20(15)10-16)25-29-11-19(27)23(32-25)31-22-17(24(37)28-3)6-5-7-18(22)26/h5-11H,4,12-13H2,1-3H3,(H,28,37)(H,30,36)(H,29,31,32). The molecule has 0 spiro atoms. The number of carbonyl (C=O) groups is 3. The minimum atomic E-state index is -0.319. The summed E-state index contributed by atoms with van der Waals surface area (Å²) in [6.45, 7) is 4.20. The molecule has 3 aromatic rings. The third kappa shape index (κ3) is 5.60. The lowest BCUT2D eigenvalue weighted by atomic mass is 10.1. The zero-order valence-electron chi connectivity index (χ0n) is 20.4. The van der Waals surface area contributed by atoms with E-state index in [1.54, 1.807) is 18.2 Å². The van der Waals surface area contributed by atoms with Crippen LogP contribution in [0.5, 0.6) is 0 Å². The lowest BCUT2D eigenvalue weighted by Crippen LogP contribution is -2.33. The molecule has 0 unspecified atom stereocenters.